The average Bonchev–Trinajstić information content (AvgIpc) is 2.30. The van der Waals surface area contributed by atoms with Crippen molar-refractivity contribution in [3.63, 3.8) is 0 Å². The minimum absolute atomic E-state index is 0.0348. The van der Waals surface area contributed by atoms with Crippen LogP contribution in [0.4, 0.5) is 5.69 Å². The summed E-state index contributed by atoms with van der Waals surface area (Å²) in [4.78, 5) is 12.2. The minimum Gasteiger partial charge on any atom is -0.378 e. The van der Waals surface area contributed by atoms with Gasteiger partial charge in [0.05, 0.1) is 10.7 Å². The van der Waals surface area contributed by atoms with E-state index in [1.807, 2.05) is 7.05 Å². The summed E-state index contributed by atoms with van der Waals surface area (Å²) in [6.45, 7) is 2.28. The van der Waals surface area contributed by atoms with Crippen LogP contribution in [0, 0.1) is 5.92 Å². The number of anilines is 1. The van der Waals surface area contributed by atoms with E-state index in [9.17, 15) is 4.79 Å². The molecule has 2 rings (SSSR count). The molecule has 0 saturated heterocycles. The Bertz CT molecular complexity index is 456. The number of nitrogens with one attached hydrogen (secondary N) is 2. The number of aromatic nitrogens is 2. The summed E-state index contributed by atoms with van der Waals surface area (Å²) in [5.74, 6) is 0.626. The minimum atomic E-state index is -0.0348. The molecule has 2 N–H and O–H groups in total. The highest BCUT2D eigenvalue weighted by molar-refractivity contribution is 9.10. The Hall–Kier alpha value is -0.880. The fraction of sp³-hybridized carbons (Fsp3) is 0.667. The van der Waals surface area contributed by atoms with Crippen molar-refractivity contribution in [3.05, 3.63) is 21.0 Å². The molecule has 0 bridgehead atoms. The highest BCUT2D eigenvalue weighted by Gasteiger charge is 2.20. The van der Waals surface area contributed by atoms with Crippen molar-refractivity contribution in [1.82, 2.24) is 15.1 Å². The van der Waals surface area contributed by atoms with Gasteiger partial charge in [-0.15, -0.1) is 0 Å². The van der Waals surface area contributed by atoms with Crippen LogP contribution in [-0.4, -0.2) is 29.9 Å². The lowest BCUT2D eigenvalue weighted by molar-refractivity contribution is 0.262. The normalized spacial score (nSPS) is 15.4. The van der Waals surface area contributed by atoms with E-state index in [0.717, 1.165) is 24.1 Å². The zero-order chi connectivity index (χ0) is 13.0. The molecule has 0 atom stereocenters. The molecule has 0 radical (unpaired) electrons. The van der Waals surface area contributed by atoms with E-state index in [0.29, 0.717) is 11.6 Å². The summed E-state index contributed by atoms with van der Waals surface area (Å²) in [5.41, 5.74) is 0.576. The number of nitrogens with zero attached hydrogens (tertiary/aromatic N) is 2. The lowest BCUT2D eigenvalue weighted by Crippen LogP contribution is -2.31. The molecule has 0 spiro atoms. The zero-order valence-electron chi connectivity index (χ0n) is 10.6. The first-order valence-corrected chi connectivity index (χ1v) is 7.15. The Morgan fingerprint density at radius 1 is 1.50 bits per heavy atom. The average molecular weight is 315 g/mol. The smallest absolute Gasteiger partial charge is 0.291 e. The van der Waals surface area contributed by atoms with Gasteiger partial charge in [-0.1, -0.05) is 6.42 Å². The SMILES string of the molecule is CNCCNc1c(Br)cnn(CC2CCC2)c1=O. The summed E-state index contributed by atoms with van der Waals surface area (Å²) in [6.07, 6.45) is 5.41. The van der Waals surface area contributed by atoms with Crippen molar-refractivity contribution in [2.75, 3.05) is 25.5 Å². The number of likely N-dealkylation sites (N-methyl/N-ethyl adjacent to an activating group) is 1. The monoisotopic (exact) mass is 314 g/mol. The van der Waals surface area contributed by atoms with E-state index in [-0.39, 0.29) is 5.56 Å². The molecule has 0 unspecified atom stereocenters. The predicted molar refractivity (Wildman–Crippen MR) is 76.0 cm³/mol. The van der Waals surface area contributed by atoms with Crippen LogP contribution in [0.3, 0.4) is 0 Å². The third-order valence-electron chi connectivity index (χ3n) is 3.33. The number of halogens is 1. The Kier molecular flexibility index (Phi) is 4.77. The fourth-order valence-electron chi connectivity index (χ4n) is 1.99. The van der Waals surface area contributed by atoms with E-state index in [1.54, 1.807) is 10.9 Å². The second-order valence-corrected chi connectivity index (χ2v) is 5.54. The highest BCUT2D eigenvalue weighted by atomic mass is 79.9. The van der Waals surface area contributed by atoms with Gasteiger partial charge in [-0.05, 0) is 41.7 Å². The van der Waals surface area contributed by atoms with E-state index in [1.165, 1.54) is 19.3 Å². The molecule has 1 fully saturated rings. The fourth-order valence-corrected chi connectivity index (χ4v) is 2.39. The van der Waals surface area contributed by atoms with Gasteiger partial charge in [-0.3, -0.25) is 4.79 Å². The summed E-state index contributed by atoms with van der Waals surface area (Å²) < 4.78 is 2.31. The van der Waals surface area contributed by atoms with Gasteiger partial charge < -0.3 is 10.6 Å². The topological polar surface area (TPSA) is 59.0 Å². The van der Waals surface area contributed by atoms with Crippen LogP contribution in [0.2, 0.25) is 0 Å². The van der Waals surface area contributed by atoms with E-state index >= 15 is 0 Å². The van der Waals surface area contributed by atoms with Crippen LogP contribution in [0.1, 0.15) is 19.3 Å². The molecule has 5 nitrogen and oxygen atoms in total. The van der Waals surface area contributed by atoms with Gasteiger partial charge in [0.1, 0.15) is 5.69 Å². The molecule has 0 amide bonds. The Balaban J connectivity index is 2.11. The molecule has 1 aromatic rings. The zero-order valence-corrected chi connectivity index (χ0v) is 12.2. The summed E-state index contributed by atoms with van der Waals surface area (Å²) in [5, 5.41) is 10.4. The van der Waals surface area contributed by atoms with Crippen molar-refractivity contribution in [2.45, 2.75) is 25.8 Å². The van der Waals surface area contributed by atoms with Crippen molar-refractivity contribution < 1.29 is 0 Å². The Morgan fingerprint density at radius 2 is 2.28 bits per heavy atom. The molecular formula is C12H19BrN4O. The van der Waals surface area contributed by atoms with Gasteiger partial charge in [-0.25, -0.2) is 4.68 Å². The van der Waals surface area contributed by atoms with Crippen LogP contribution < -0.4 is 16.2 Å². The maximum atomic E-state index is 12.2. The summed E-state index contributed by atoms with van der Waals surface area (Å²) in [7, 11) is 1.89. The standard InChI is InChI=1S/C12H19BrN4O/c1-14-5-6-15-11-10(13)7-16-17(12(11)18)8-9-3-2-4-9/h7,9,14-15H,2-6,8H2,1H3. The third kappa shape index (κ3) is 3.11. The van der Waals surface area contributed by atoms with Crippen LogP contribution in [-0.2, 0) is 6.54 Å². The van der Waals surface area contributed by atoms with E-state index in [2.05, 4.69) is 31.7 Å². The maximum absolute atomic E-state index is 12.2. The Labute approximate surface area is 115 Å². The van der Waals surface area contributed by atoms with Crippen molar-refractivity contribution in [1.29, 1.82) is 0 Å². The molecule has 0 aliphatic heterocycles. The maximum Gasteiger partial charge on any atom is 0.291 e. The first-order chi connectivity index (χ1) is 8.72. The molecule has 1 saturated carbocycles. The lowest BCUT2D eigenvalue weighted by atomic mass is 9.85. The van der Waals surface area contributed by atoms with Gasteiger partial charge in [-0.2, -0.15) is 5.10 Å². The van der Waals surface area contributed by atoms with Crippen molar-refractivity contribution in [3.8, 4) is 0 Å². The van der Waals surface area contributed by atoms with E-state index < -0.39 is 0 Å². The number of hydrogen-bond donors (Lipinski definition) is 2. The van der Waals surface area contributed by atoms with Crippen LogP contribution in [0.15, 0.2) is 15.5 Å². The lowest BCUT2D eigenvalue weighted by Gasteiger charge is -2.25. The van der Waals surface area contributed by atoms with E-state index in [4.69, 9.17) is 0 Å². The quantitative estimate of drug-likeness (QED) is 0.780. The molecule has 6 heteroatoms. The molecule has 1 aromatic heterocycles. The second kappa shape index (κ2) is 6.33. The van der Waals surface area contributed by atoms with Crippen molar-refractivity contribution >= 4 is 21.6 Å². The summed E-state index contributed by atoms with van der Waals surface area (Å²) >= 11 is 3.37. The van der Waals surface area contributed by atoms with Gasteiger partial charge >= 0.3 is 0 Å². The molecule has 1 aliphatic carbocycles. The second-order valence-electron chi connectivity index (χ2n) is 4.68. The van der Waals surface area contributed by atoms with Gasteiger partial charge in [0.25, 0.3) is 5.56 Å². The van der Waals surface area contributed by atoms with Gasteiger partial charge in [0.15, 0.2) is 0 Å². The van der Waals surface area contributed by atoms with Gasteiger partial charge in [0, 0.05) is 19.6 Å². The molecule has 100 valence electrons. The van der Waals surface area contributed by atoms with Gasteiger partial charge in [0.2, 0.25) is 0 Å². The largest absolute Gasteiger partial charge is 0.378 e. The first kappa shape index (κ1) is 13.5. The molecule has 18 heavy (non-hydrogen) atoms. The highest BCUT2D eigenvalue weighted by Crippen LogP contribution is 2.27. The van der Waals surface area contributed by atoms with Crippen LogP contribution in [0.25, 0.3) is 0 Å². The third-order valence-corrected chi connectivity index (χ3v) is 3.93. The predicted octanol–water partition coefficient (Wildman–Crippen LogP) is 1.44. The number of rotatable bonds is 6. The van der Waals surface area contributed by atoms with Crippen molar-refractivity contribution in [2.24, 2.45) is 5.92 Å². The molecular weight excluding hydrogens is 296 g/mol. The first-order valence-electron chi connectivity index (χ1n) is 6.36. The summed E-state index contributed by atoms with van der Waals surface area (Å²) in [6, 6.07) is 0. The van der Waals surface area contributed by atoms with Crippen LogP contribution in [0.5, 0.6) is 0 Å². The number of hydrogen-bond acceptors (Lipinski definition) is 4. The molecule has 1 aliphatic rings. The Morgan fingerprint density at radius 3 is 2.89 bits per heavy atom. The molecule has 0 aromatic carbocycles. The van der Waals surface area contributed by atoms with Crippen LogP contribution >= 0.6 is 15.9 Å². The molecule has 1 heterocycles.